The standard InChI is InChI=1S/C14H12ClNO2S/c15-10-6-4-9(5-7-10)8-19-12-3-1-2-11(13(12)16)14(17)18/h1-7H,8,16H2,(H,17,18). The van der Waals surface area contributed by atoms with Gasteiger partial charge in [-0.25, -0.2) is 4.79 Å². The third-order valence-electron chi connectivity index (χ3n) is 2.60. The number of carboxylic acids is 1. The van der Waals surface area contributed by atoms with Gasteiger partial charge in [-0.1, -0.05) is 29.8 Å². The molecule has 0 atom stereocenters. The molecule has 0 amide bonds. The van der Waals surface area contributed by atoms with Crippen molar-refractivity contribution in [2.24, 2.45) is 0 Å². The zero-order valence-corrected chi connectivity index (χ0v) is 11.5. The minimum atomic E-state index is -1.01. The smallest absolute Gasteiger partial charge is 0.337 e. The minimum absolute atomic E-state index is 0.140. The number of halogens is 1. The fraction of sp³-hybridized carbons (Fsp3) is 0.0714. The van der Waals surface area contributed by atoms with Crippen LogP contribution in [0.3, 0.4) is 0 Å². The first-order chi connectivity index (χ1) is 9.08. The monoisotopic (exact) mass is 293 g/mol. The Bertz CT molecular complexity index is 599. The van der Waals surface area contributed by atoms with Gasteiger partial charge >= 0.3 is 5.97 Å². The van der Waals surface area contributed by atoms with Crippen molar-refractivity contribution in [2.75, 3.05) is 5.73 Å². The van der Waals surface area contributed by atoms with Crippen LogP contribution in [0.4, 0.5) is 5.69 Å². The molecule has 0 aromatic heterocycles. The van der Waals surface area contributed by atoms with Gasteiger partial charge in [-0.3, -0.25) is 0 Å². The normalized spacial score (nSPS) is 10.4. The molecule has 2 aromatic carbocycles. The lowest BCUT2D eigenvalue weighted by Gasteiger charge is -2.08. The average molecular weight is 294 g/mol. The van der Waals surface area contributed by atoms with Gasteiger partial charge in [-0.2, -0.15) is 0 Å². The van der Waals surface area contributed by atoms with Crippen LogP contribution in [0.1, 0.15) is 15.9 Å². The van der Waals surface area contributed by atoms with Crippen LogP contribution in [-0.4, -0.2) is 11.1 Å². The Morgan fingerprint density at radius 3 is 2.53 bits per heavy atom. The van der Waals surface area contributed by atoms with E-state index in [0.717, 1.165) is 10.5 Å². The summed E-state index contributed by atoms with van der Waals surface area (Å²) in [5.41, 5.74) is 7.41. The Labute approximate surface area is 120 Å². The molecule has 19 heavy (non-hydrogen) atoms. The van der Waals surface area contributed by atoms with Crippen LogP contribution in [0.15, 0.2) is 47.4 Å². The number of hydrogen-bond acceptors (Lipinski definition) is 3. The fourth-order valence-electron chi connectivity index (χ4n) is 1.60. The maximum absolute atomic E-state index is 11.0. The Morgan fingerprint density at radius 1 is 1.21 bits per heavy atom. The van der Waals surface area contributed by atoms with Gasteiger partial charge in [-0.05, 0) is 29.8 Å². The third-order valence-corrected chi connectivity index (χ3v) is 4.00. The van der Waals surface area contributed by atoms with Gasteiger partial charge in [-0.15, -0.1) is 11.8 Å². The zero-order valence-electron chi connectivity index (χ0n) is 9.97. The van der Waals surface area contributed by atoms with E-state index in [0.29, 0.717) is 16.5 Å². The lowest BCUT2D eigenvalue weighted by molar-refractivity contribution is 0.0698. The van der Waals surface area contributed by atoms with Crippen molar-refractivity contribution >= 4 is 35.0 Å². The average Bonchev–Trinajstić information content (AvgIpc) is 2.39. The molecule has 0 saturated carbocycles. The summed E-state index contributed by atoms with van der Waals surface area (Å²) in [7, 11) is 0. The summed E-state index contributed by atoms with van der Waals surface area (Å²) in [5, 5.41) is 9.70. The summed E-state index contributed by atoms with van der Waals surface area (Å²) >= 11 is 7.32. The SMILES string of the molecule is Nc1c(SCc2ccc(Cl)cc2)cccc1C(=O)O. The van der Waals surface area contributed by atoms with Gasteiger partial charge in [0.25, 0.3) is 0 Å². The Morgan fingerprint density at radius 2 is 1.89 bits per heavy atom. The van der Waals surface area contributed by atoms with Crippen LogP contribution in [0.25, 0.3) is 0 Å². The van der Waals surface area contributed by atoms with E-state index in [1.165, 1.54) is 17.8 Å². The van der Waals surface area contributed by atoms with Crippen molar-refractivity contribution in [3.05, 3.63) is 58.6 Å². The van der Waals surface area contributed by atoms with Gasteiger partial charge in [0.15, 0.2) is 0 Å². The minimum Gasteiger partial charge on any atom is -0.478 e. The number of aromatic carboxylic acids is 1. The second kappa shape index (κ2) is 5.99. The Kier molecular flexibility index (Phi) is 4.35. The molecule has 3 nitrogen and oxygen atoms in total. The zero-order chi connectivity index (χ0) is 13.8. The van der Waals surface area contributed by atoms with E-state index >= 15 is 0 Å². The molecule has 0 bridgehead atoms. The fourth-order valence-corrected chi connectivity index (χ4v) is 2.68. The largest absolute Gasteiger partial charge is 0.478 e. The maximum atomic E-state index is 11.0. The van der Waals surface area contributed by atoms with Crippen molar-refractivity contribution < 1.29 is 9.90 Å². The van der Waals surface area contributed by atoms with Gasteiger partial charge in [0, 0.05) is 15.7 Å². The molecule has 2 rings (SSSR count). The number of benzene rings is 2. The molecule has 0 aliphatic heterocycles. The van der Waals surface area contributed by atoms with E-state index in [1.54, 1.807) is 6.07 Å². The van der Waals surface area contributed by atoms with Crippen LogP contribution in [0, 0.1) is 0 Å². The molecule has 98 valence electrons. The van der Waals surface area contributed by atoms with E-state index in [-0.39, 0.29) is 5.56 Å². The molecule has 0 aliphatic rings. The highest BCUT2D eigenvalue weighted by molar-refractivity contribution is 7.98. The topological polar surface area (TPSA) is 63.3 Å². The van der Waals surface area contributed by atoms with Crippen molar-refractivity contribution in [3.63, 3.8) is 0 Å². The molecule has 0 spiro atoms. The molecule has 0 unspecified atom stereocenters. The van der Waals surface area contributed by atoms with Crippen molar-refractivity contribution in [1.29, 1.82) is 0 Å². The number of para-hydroxylation sites is 1. The van der Waals surface area contributed by atoms with Crippen LogP contribution in [0.2, 0.25) is 5.02 Å². The number of nitrogens with two attached hydrogens (primary N) is 1. The van der Waals surface area contributed by atoms with Gasteiger partial charge < -0.3 is 10.8 Å². The first kappa shape index (κ1) is 13.8. The number of anilines is 1. The maximum Gasteiger partial charge on any atom is 0.337 e. The number of nitrogen functional groups attached to an aromatic ring is 1. The molecule has 0 fully saturated rings. The highest BCUT2D eigenvalue weighted by Gasteiger charge is 2.11. The second-order valence-corrected chi connectivity index (χ2v) is 5.39. The highest BCUT2D eigenvalue weighted by atomic mass is 35.5. The highest BCUT2D eigenvalue weighted by Crippen LogP contribution is 2.30. The first-order valence-corrected chi connectivity index (χ1v) is 6.93. The van der Waals surface area contributed by atoms with Crippen molar-refractivity contribution in [1.82, 2.24) is 0 Å². The van der Waals surface area contributed by atoms with E-state index in [9.17, 15) is 4.79 Å². The van der Waals surface area contributed by atoms with Gasteiger partial charge in [0.05, 0.1) is 11.3 Å². The van der Waals surface area contributed by atoms with Crippen LogP contribution in [-0.2, 0) is 5.75 Å². The predicted octanol–water partition coefficient (Wildman–Crippen LogP) is 3.91. The lowest BCUT2D eigenvalue weighted by atomic mass is 10.2. The molecular formula is C14H12ClNO2S. The molecular weight excluding hydrogens is 282 g/mol. The Hall–Kier alpha value is -1.65. The molecule has 2 aromatic rings. The summed E-state index contributed by atoms with van der Waals surface area (Å²) in [4.78, 5) is 11.8. The van der Waals surface area contributed by atoms with Gasteiger partial charge in [0.2, 0.25) is 0 Å². The molecule has 0 heterocycles. The molecule has 0 radical (unpaired) electrons. The van der Waals surface area contributed by atoms with Crippen LogP contribution in [0.5, 0.6) is 0 Å². The number of rotatable bonds is 4. The summed E-state index contributed by atoms with van der Waals surface area (Å²) < 4.78 is 0. The molecule has 0 aliphatic carbocycles. The van der Waals surface area contributed by atoms with Crippen LogP contribution >= 0.6 is 23.4 Å². The Balaban J connectivity index is 2.13. The number of carboxylic acid groups (broad SMARTS) is 1. The quantitative estimate of drug-likeness (QED) is 0.662. The molecule has 3 N–H and O–H groups in total. The molecule has 0 saturated heterocycles. The molecule has 5 heteroatoms. The number of thioether (sulfide) groups is 1. The summed E-state index contributed by atoms with van der Waals surface area (Å²) in [6, 6.07) is 12.6. The summed E-state index contributed by atoms with van der Waals surface area (Å²) in [5.74, 6) is -0.295. The first-order valence-electron chi connectivity index (χ1n) is 5.57. The van der Waals surface area contributed by atoms with Crippen molar-refractivity contribution in [3.8, 4) is 0 Å². The summed E-state index contributed by atoms with van der Waals surface area (Å²) in [6.07, 6.45) is 0. The lowest BCUT2D eigenvalue weighted by Crippen LogP contribution is -2.03. The van der Waals surface area contributed by atoms with Gasteiger partial charge in [0.1, 0.15) is 0 Å². The van der Waals surface area contributed by atoms with E-state index < -0.39 is 5.97 Å². The van der Waals surface area contributed by atoms with E-state index in [2.05, 4.69) is 0 Å². The van der Waals surface area contributed by atoms with Crippen molar-refractivity contribution in [2.45, 2.75) is 10.6 Å². The number of carbonyl (C=O) groups is 1. The predicted molar refractivity (Wildman–Crippen MR) is 78.8 cm³/mol. The van der Waals surface area contributed by atoms with Crippen LogP contribution < -0.4 is 5.73 Å². The number of hydrogen-bond donors (Lipinski definition) is 2. The van der Waals surface area contributed by atoms with E-state index in [4.69, 9.17) is 22.4 Å². The van der Waals surface area contributed by atoms with E-state index in [1.807, 2.05) is 30.3 Å². The third kappa shape index (κ3) is 3.43. The summed E-state index contributed by atoms with van der Waals surface area (Å²) in [6.45, 7) is 0. The second-order valence-electron chi connectivity index (χ2n) is 3.94.